The van der Waals surface area contributed by atoms with E-state index in [1.54, 1.807) is 31.2 Å². The molecule has 0 aromatic heterocycles. The smallest absolute Gasteiger partial charge is 0.251 e. The van der Waals surface area contributed by atoms with Crippen molar-refractivity contribution in [3.63, 3.8) is 0 Å². The summed E-state index contributed by atoms with van der Waals surface area (Å²) < 4.78 is 51.3. The number of sulfone groups is 1. The second-order valence-electron chi connectivity index (χ2n) is 8.42. The Hall–Kier alpha value is -3.01. The highest BCUT2D eigenvalue weighted by molar-refractivity contribution is 7.90. The van der Waals surface area contributed by atoms with E-state index in [0.29, 0.717) is 19.5 Å². The van der Waals surface area contributed by atoms with Crippen LogP contribution in [-0.4, -0.2) is 39.8 Å². The molecule has 1 aliphatic heterocycles. The molecule has 0 radical (unpaired) electrons. The molecule has 34 heavy (non-hydrogen) atoms. The Morgan fingerprint density at radius 2 is 1.56 bits per heavy atom. The Balaban J connectivity index is 1.50. The summed E-state index contributed by atoms with van der Waals surface area (Å²) in [5, 5.41) is 2.85. The van der Waals surface area contributed by atoms with Gasteiger partial charge in [0, 0.05) is 24.9 Å². The van der Waals surface area contributed by atoms with Gasteiger partial charge in [-0.25, -0.2) is 16.8 Å². The van der Waals surface area contributed by atoms with E-state index in [0.717, 1.165) is 22.9 Å². The van der Waals surface area contributed by atoms with Gasteiger partial charge in [-0.1, -0.05) is 42.5 Å². The quantitative estimate of drug-likeness (QED) is 0.562. The summed E-state index contributed by atoms with van der Waals surface area (Å²) >= 11 is 0. The lowest BCUT2D eigenvalue weighted by molar-refractivity contribution is 0.0939. The van der Waals surface area contributed by atoms with Crippen LogP contribution in [0.1, 0.15) is 40.0 Å². The second kappa shape index (κ2) is 9.32. The van der Waals surface area contributed by atoms with E-state index in [4.69, 9.17) is 0 Å². The van der Waals surface area contributed by atoms with Gasteiger partial charge >= 0.3 is 0 Å². The van der Waals surface area contributed by atoms with Crippen LogP contribution in [0.5, 0.6) is 0 Å². The molecule has 1 aliphatic rings. The molecule has 0 saturated heterocycles. The van der Waals surface area contributed by atoms with Crippen molar-refractivity contribution < 1.29 is 21.6 Å². The first-order valence-electron chi connectivity index (χ1n) is 10.8. The van der Waals surface area contributed by atoms with Crippen molar-refractivity contribution >= 4 is 25.8 Å². The molecule has 178 valence electrons. The molecular weight excluding hydrogens is 472 g/mol. The molecule has 3 aromatic rings. The van der Waals surface area contributed by atoms with Crippen LogP contribution in [0.3, 0.4) is 0 Å². The van der Waals surface area contributed by atoms with Crippen LogP contribution in [0.25, 0.3) is 0 Å². The van der Waals surface area contributed by atoms with Gasteiger partial charge in [0.25, 0.3) is 5.91 Å². The van der Waals surface area contributed by atoms with Crippen molar-refractivity contribution in [2.75, 3.05) is 12.8 Å². The lowest BCUT2D eigenvalue weighted by atomic mass is 10.0. The van der Waals surface area contributed by atoms with Gasteiger partial charge in [0.2, 0.25) is 10.0 Å². The van der Waals surface area contributed by atoms with Crippen LogP contribution in [0.4, 0.5) is 0 Å². The van der Waals surface area contributed by atoms with Crippen molar-refractivity contribution in [2.45, 2.75) is 35.7 Å². The molecule has 4 rings (SSSR count). The predicted octanol–water partition coefficient (Wildman–Crippen LogP) is 3.33. The predicted molar refractivity (Wildman–Crippen MR) is 130 cm³/mol. The first kappa shape index (κ1) is 24.1. The maximum absolute atomic E-state index is 13.3. The molecule has 0 spiro atoms. The Morgan fingerprint density at radius 1 is 0.882 bits per heavy atom. The van der Waals surface area contributed by atoms with E-state index in [2.05, 4.69) is 5.32 Å². The third kappa shape index (κ3) is 5.06. The average molecular weight is 499 g/mol. The first-order valence-corrected chi connectivity index (χ1v) is 14.2. The van der Waals surface area contributed by atoms with Crippen LogP contribution >= 0.6 is 0 Å². The van der Waals surface area contributed by atoms with Crippen molar-refractivity contribution in [3.05, 3.63) is 95.1 Å². The third-order valence-corrected chi connectivity index (χ3v) is 8.96. The molecule has 1 amide bonds. The first-order chi connectivity index (χ1) is 16.1. The van der Waals surface area contributed by atoms with Crippen LogP contribution in [0.15, 0.2) is 82.6 Å². The zero-order chi connectivity index (χ0) is 24.5. The maximum atomic E-state index is 13.3. The molecule has 0 fully saturated rings. The summed E-state index contributed by atoms with van der Waals surface area (Å²) in [7, 11) is -7.07. The highest BCUT2D eigenvalue weighted by atomic mass is 32.2. The molecule has 7 nitrogen and oxygen atoms in total. The third-order valence-electron chi connectivity index (χ3n) is 5.99. The van der Waals surface area contributed by atoms with Gasteiger partial charge in [0.05, 0.1) is 15.8 Å². The fourth-order valence-electron chi connectivity index (χ4n) is 3.99. The number of rotatable bonds is 6. The number of hydrogen-bond donors (Lipinski definition) is 1. The number of amides is 1. The average Bonchev–Trinajstić information content (AvgIpc) is 2.83. The van der Waals surface area contributed by atoms with Gasteiger partial charge in [-0.15, -0.1) is 0 Å². The topological polar surface area (TPSA) is 101 Å². The number of carbonyl (C=O) groups is 1. The molecule has 1 unspecified atom stereocenters. The van der Waals surface area contributed by atoms with E-state index >= 15 is 0 Å². The Kier molecular flexibility index (Phi) is 6.62. The fourth-order valence-corrected chi connectivity index (χ4v) is 6.08. The molecule has 9 heteroatoms. The number of nitrogens with zero attached hydrogens (tertiary/aromatic N) is 1. The molecule has 3 aromatic carbocycles. The molecule has 0 aliphatic carbocycles. The molecule has 1 atom stereocenters. The van der Waals surface area contributed by atoms with Crippen LogP contribution < -0.4 is 5.32 Å². The molecule has 1 N–H and O–H groups in total. The Labute approximate surface area is 200 Å². The van der Waals surface area contributed by atoms with E-state index in [1.807, 2.05) is 24.3 Å². The molecule has 1 heterocycles. The van der Waals surface area contributed by atoms with Crippen molar-refractivity contribution in [1.29, 1.82) is 0 Å². The summed E-state index contributed by atoms with van der Waals surface area (Å²) in [6, 6.07) is 19.7. The zero-order valence-electron chi connectivity index (χ0n) is 18.9. The van der Waals surface area contributed by atoms with E-state index in [9.17, 15) is 21.6 Å². The highest BCUT2D eigenvalue weighted by Crippen LogP contribution is 2.25. The number of hydrogen-bond acceptors (Lipinski definition) is 5. The number of carbonyl (C=O) groups excluding carboxylic acids is 1. The van der Waals surface area contributed by atoms with Gasteiger partial charge in [-0.3, -0.25) is 4.79 Å². The molecule has 0 bridgehead atoms. The van der Waals surface area contributed by atoms with E-state index in [1.165, 1.54) is 28.6 Å². The van der Waals surface area contributed by atoms with Gasteiger partial charge < -0.3 is 5.32 Å². The zero-order valence-corrected chi connectivity index (χ0v) is 20.6. The molecule has 0 saturated carbocycles. The Bertz CT molecular complexity index is 1430. The fraction of sp³-hybridized carbons (Fsp3) is 0.240. The number of fused-ring (bicyclic) bond motifs is 1. The minimum Gasteiger partial charge on any atom is -0.346 e. The highest BCUT2D eigenvalue weighted by Gasteiger charge is 2.28. The van der Waals surface area contributed by atoms with Gasteiger partial charge in [-0.05, 0) is 60.4 Å². The Morgan fingerprint density at radius 3 is 2.24 bits per heavy atom. The molecular formula is C25H26N2O5S2. The maximum Gasteiger partial charge on any atom is 0.251 e. The lowest BCUT2D eigenvalue weighted by Crippen LogP contribution is -2.36. The minimum absolute atomic E-state index is 0.0738. The van der Waals surface area contributed by atoms with Crippen LogP contribution in [0, 0.1) is 0 Å². The second-order valence-corrected chi connectivity index (χ2v) is 12.4. The van der Waals surface area contributed by atoms with Crippen molar-refractivity contribution in [2.24, 2.45) is 0 Å². The van der Waals surface area contributed by atoms with Crippen molar-refractivity contribution in [3.8, 4) is 0 Å². The van der Waals surface area contributed by atoms with E-state index in [-0.39, 0.29) is 15.4 Å². The van der Waals surface area contributed by atoms with E-state index < -0.39 is 31.8 Å². The standard InChI is InChI=1S/C25H26N2O5S2/c1-18(19-10-12-23(13-11-19)33(2,29)30)26-25(28)21-8-5-9-24(16-21)34(31,32)27-15-14-20-6-3-4-7-22(20)17-27/h3-13,16,18H,14-15,17H2,1-2H3,(H,26,28). The van der Waals surface area contributed by atoms with Crippen molar-refractivity contribution in [1.82, 2.24) is 9.62 Å². The summed E-state index contributed by atoms with van der Waals surface area (Å²) in [6.07, 6.45) is 1.78. The number of benzene rings is 3. The van der Waals surface area contributed by atoms with Gasteiger partial charge in [0.1, 0.15) is 0 Å². The number of nitrogens with one attached hydrogen (secondary N) is 1. The lowest BCUT2D eigenvalue weighted by Gasteiger charge is -2.28. The minimum atomic E-state index is -3.76. The SMILES string of the molecule is CC(NC(=O)c1cccc(S(=O)(=O)N2CCc3ccccc3C2)c1)c1ccc(S(C)(=O)=O)cc1. The van der Waals surface area contributed by atoms with Gasteiger partial charge in [0.15, 0.2) is 9.84 Å². The normalized spacial score (nSPS) is 15.4. The summed E-state index contributed by atoms with van der Waals surface area (Å²) in [4.78, 5) is 13.1. The monoisotopic (exact) mass is 498 g/mol. The summed E-state index contributed by atoms with van der Waals surface area (Å²) in [5.74, 6) is -0.416. The number of sulfonamides is 1. The summed E-state index contributed by atoms with van der Waals surface area (Å²) in [5.41, 5.74) is 3.11. The largest absolute Gasteiger partial charge is 0.346 e. The summed E-state index contributed by atoms with van der Waals surface area (Å²) in [6.45, 7) is 2.46. The van der Waals surface area contributed by atoms with Crippen LogP contribution in [0.2, 0.25) is 0 Å². The van der Waals surface area contributed by atoms with Crippen LogP contribution in [-0.2, 0) is 32.8 Å². The van der Waals surface area contributed by atoms with Gasteiger partial charge in [-0.2, -0.15) is 4.31 Å².